The summed E-state index contributed by atoms with van der Waals surface area (Å²) in [6.07, 6.45) is 10.4. The van der Waals surface area contributed by atoms with E-state index in [2.05, 4.69) is 10.2 Å². The molecule has 2 amide bonds. The lowest BCUT2D eigenvalue weighted by molar-refractivity contribution is 0.0684. The van der Waals surface area contributed by atoms with Gasteiger partial charge in [-0.2, -0.15) is 10.2 Å². The van der Waals surface area contributed by atoms with Crippen molar-refractivity contribution in [1.29, 1.82) is 0 Å². The fraction of sp³-hybridized carbons (Fsp3) is 0.344. The van der Waals surface area contributed by atoms with Crippen molar-refractivity contribution in [2.24, 2.45) is 0 Å². The van der Waals surface area contributed by atoms with Crippen LogP contribution < -0.4 is 4.74 Å². The van der Waals surface area contributed by atoms with Crippen LogP contribution in [-0.4, -0.2) is 72.2 Å². The highest BCUT2D eigenvalue weighted by Crippen LogP contribution is 2.28. The molecule has 0 aliphatic carbocycles. The Labute approximate surface area is 243 Å². The zero-order valence-electron chi connectivity index (χ0n) is 23.4. The zero-order valence-corrected chi connectivity index (χ0v) is 23.4. The van der Waals surface area contributed by atoms with Crippen LogP contribution in [0, 0.1) is 0 Å². The summed E-state index contributed by atoms with van der Waals surface area (Å²) in [5, 5.41) is 9.62. The molecular weight excluding hydrogens is 530 g/mol. The van der Waals surface area contributed by atoms with E-state index >= 15 is 0 Å². The Morgan fingerprint density at radius 2 is 1.69 bits per heavy atom. The topological polar surface area (TPSA) is 97.9 Å². The van der Waals surface area contributed by atoms with E-state index in [0.29, 0.717) is 47.6 Å². The van der Waals surface area contributed by atoms with Gasteiger partial charge in [0.1, 0.15) is 23.7 Å². The van der Waals surface area contributed by atoms with Crippen molar-refractivity contribution in [3.05, 3.63) is 90.1 Å². The summed E-state index contributed by atoms with van der Waals surface area (Å²) in [7, 11) is 0. The van der Waals surface area contributed by atoms with Gasteiger partial charge in [0, 0.05) is 50.2 Å². The summed E-state index contributed by atoms with van der Waals surface area (Å²) in [5.41, 5.74) is 3.21. The summed E-state index contributed by atoms with van der Waals surface area (Å²) >= 11 is 0. The van der Waals surface area contributed by atoms with Crippen LogP contribution in [0.2, 0.25) is 0 Å². The van der Waals surface area contributed by atoms with E-state index in [9.17, 15) is 9.59 Å². The minimum Gasteiger partial charge on any atom is -0.487 e. The number of hydrogen-bond acceptors (Lipinski definition) is 6. The van der Waals surface area contributed by atoms with E-state index in [0.717, 1.165) is 56.4 Å². The molecular formula is C32H33N7O3. The minimum atomic E-state index is -0.143. The predicted molar refractivity (Wildman–Crippen MR) is 157 cm³/mol. The Hall–Kier alpha value is -4.73. The number of ether oxygens (including phenoxy) is 1. The number of pyridine rings is 2. The van der Waals surface area contributed by atoms with Crippen molar-refractivity contribution in [2.45, 2.75) is 44.8 Å². The van der Waals surface area contributed by atoms with Gasteiger partial charge in [-0.1, -0.05) is 6.07 Å². The molecule has 0 bridgehead atoms. The van der Waals surface area contributed by atoms with E-state index in [4.69, 9.17) is 9.72 Å². The number of amides is 2. The fourth-order valence-corrected chi connectivity index (χ4v) is 6.06. The predicted octanol–water partition coefficient (Wildman–Crippen LogP) is 4.76. The van der Waals surface area contributed by atoms with Crippen molar-refractivity contribution < 1.29 is 14.3 Å². The summed E-state index contributed by atoms with van der Waals surface area (Å²) in [4.78, 5) is 36.0. The molecule has 5 aromatic rings. The normalized spacial score (nSPS) is 16.3. The smallest absolute Gasteiger partial charge is 0.272 e. The number of carbonyl (C=O) groups is 2. The van der Waals surface area contributed by atoms with E-state index in [1.165, 1.54) is 0 Å². The number of nitrogens with zero attached hydrogens (tertiary/aromatic N) is 7. The van der Waals surface area contributed by atoms with Crippen molar-refractivity contribution in [3.8, 4) is 5.75 Å². The summed E-state index contributed by atoms with van der Waals surface area (Å²) in [6.45, 7) is 2.97. The molecule has 0 spiro atoms. The molecule has 4 aromatic heterocycles. The SMILES string of the molecule is O=C(c1cc(C(=O)N2CCCCC2)c2cc(OCc3cc4ccccn4n3)ccc2n1)N1CCC(n2cccn2)CC1. The largest absolute Gasteiger partial charge is 0.487 e. The van der Waals surface area contributed by atoms with Gasteiger partial charge in [-0.3, -0.25) is 14.3 Å². The van der Waals surface area contributed by atoms with Crippen molar-refractivity contribution in [3.63, 3.8) is 0 Å². The molecule has 10 nitrogen and oxygen atoms in total. The first-order valence-corrected chi connectivity index (χ1v) is 14.7. The van der Waals surface area contributed by atoms with Gasteiger partial charge in [0.25, 0.3) is 11.8 Å². The third kappa shape index (κ3) is 5.20. The maximum absolute atomic E-state index is 13.8. The van der Waals surface area contributed by atoms with Crippen molar-refractivity contribution in [2.75, 3.05) is 26.2 Å². The number of benzene rings is 1. The molecule has 0 radical (unpaired) electrons. The first kappa shape index (κ1) is 26.2. The third-order valence-electron chi connectivity index (χ3n) is 8.33. The number of piperidine rings is 2. The molecule has 0 atom stereocenters. The second-order valence-electron chi connectivity index (χ2n) is 11.1. The van der Waals surface area contributed by atoms with Crippen LogP contribution in [0.5, 0.6) is 5.75 Å². The quantitative estimate of drug-likeness (QED) is 0.296. The Morgan fingerprint density at radius 3 is 2.48 bits per heavy atom. The van der Waals surface area contributed by atoms with Crippen LogP contribution >= 0.6 is 0 Å². The standard InChI is InChI=1S/C32H33N7O3/c40-31(36-13-3-1-4-14-36)28-21-30(32(41)37-17-10-24(11-18-37)38-16-6-12-33-38)34-29-9-8-26(20-27(28)29)42-22-23-19-25-7-2-5-15-39(25)35-23/h2,5-9,12,15-16,19-21,24H,1,3-4,10-11,13-14,17-18,22H2. The van der Waals surface area contributed by atoms with Crippen LogP contribution in [0.1, 0.15) is 64.7 Å². The number of fused-ring (bicyclic) bond motifs is 2. The molecule has 0 unspecified atom stereocenters. The lowest BCUT2D eigenvalue weighted by atomic mass is 10.0. The summed E-state index contributed by atoms with van der Waals surface area (Å²) in [6, 6.07) is 17.3. The molecule has 0 N–H and O–H groups in total. The van der Waals surface area contributed by atoms with Crippen LogP contribution in [0.3, 0.4) is 0 Å². The fourth-order valence-electron chi connectivity index (χ4n) is 6.06. The maximum atomic E-state index is 13.8. The van der Waals surface area contributed by atoms with E-state index < -0.39 is 0 Å². The number of carbonyl (C=O) groups excluding carboxylic acids is 2. The highest BCUT2D eigenvalue weighted by Gasteiger charge is 2.28. The second kappa shape index (κ2) is 11.3. The number of aromatic nitrogens is 5. The molecule has 2 saturated heterocycles. The van der Waals surface area contributed by atoms with E-state index in [-0.39, 0.29) is 17.9 Å². The van der Waals surface area contributed by atoms with E-state index in [1.54, 1.807) is 12.3 Å². The molecule has 214 valence electrons. The van der Waals surface area contributed by atoms with Crippen LogP contribution in [0.4, 0.5) is 0 Å². The van der Waals surface area contributed by atoms with Crippen LogP contribution in [-0.2, 0) is 6.61 Å². The number of likely N-dealkylation sites (tertiary alicyclic amines) is 2. The van der Waals surface area contributed by atoms with Gasteiger partial charge in [0.15, 0.2) is 0 Å². The molecule has 42 heavy (non-hydrogen) atoms. The number of hydrogen-bond donors (Lipinski definition) is 0. The molecule has 7 rings (SSSR count). The Bertz CT molecular complexity index is 1700. The van der Waals surface area contributed by atoms with Gasteiger partial charge in [0.05, 0.1) is 22.6 Å². The minimum absolute atomic E-state index is 0.0639. The monoisotopic (exact) mass is 563 g/mol. The molecule has 6 heterocycles. The Morgan fingerprint density at radius 1 is 0.857 bits per heavy atom. The van der Waals surface area contributed by atoms with Crippen molar-refractivity contribution >= 4 is 28.2 Å². The van der Waals surface area contributed by atoms with E-state index in [1.807, 2.05) is 79.9 Å². The average Bonchev–Trinajstić information content (AvgIpc) is 3.74. The average molecular weight is 564 g/mol. The molecule has 2 aliphatic heterocycles. The Kier molecular flexibility index (Phi) is 7.03. The molecule has 1 aromatic carbocycles. The summed E-state index contributed by atoms with van der Waals surface area (Å²) < 4.78 is 9.90. The third-order valence-corrected chi connectivity index (χ3v) is 8.33. The van der Waals surface area contributed by atoms with Crippen molar-refractivity contribution in [1.82, 2.24) is 34.2 Å². The molecule has 10 heteroatoms. The first-order valence-electron chi connectivity index (χ1n) is 14.7. The van der Waals surface area contributed by atoms with Gasteiger partial charge in [-0.15, -0.1) is 0 Å². The van der Waals surface area contributed by atoms with Gasteiger partial charge in [-0.05, 0) is 80.6 Å². The number of rotatable bonds is 6. The van der Waals surface area contributed by atoms with Gasteiger partial charge < -0.3 is 14.5 Å². The Balaban J connectivity index is 1.16. The summed E-state index contributed by atoms with van der Waals surface area (Å²) in [5.74, 6) is 0.413. The highest BCUT2D eigenvalue weighted by atomic mass is 16.5. The lowest BCUT2D eigenvalue weighted by Gasteiger charge is -2.32. The van der Waals surface area contributed by atoms with Gasteiger partial charge >= 0.3 is 0 Å². The second-order valence-corrected chi connectivity index (χ2v) is 11.1. The highest BCUT2D eigenvalue weighted by molar-refractivity contribution is 6.09. The first-order chi connectivity index (χ1) is 20.6. The molecule has 2 fully saturated rings. The zero-order chi connectivity index (χ0) is 28.5. The van der Waals surface area contributed by atoms with Crippen LogP contribution in [0.25, 0.3) is 16.4 Å². The molecule has 0 saturated carbocycles. The maximum Gasteiger partial charge on any atom is 0.272 e. The lowest BCUT2D eigenvalue weighted by Crippen LogP contribution is -2.40. The van der Waals surface area contributed by atoms with Gasteiger partial charge in [0.2, 0.25) is 0 Å². The van der Waals surface area contributed by atoms with Gasteiger partial charge in [-0.25, -0.2) is 9.50 Å². The molecule has 2 aliphatic rings. The van der Waals surface area contributed by atoms with Crippen LogP contribution in [0.15, 0.2) is 73.2 Å².